The first-order valence-corrected chi connectivity index (χ1v) is 4.23. The van der Waals surface area contributed by atoms with E-state index in [0.717, 1.165) is 6.92 Å². The zero-order valence-electron chi connectivity index (χ0n) is 7.40. The molecule has 5 heteroatoms. The molecular formula is C8H12F3NO. The van der Waals surface area contributed by atoms with Crippen molar-refractivity contribution in [1.82, 2.24) is 4.90 Å². The second-order valence-corrected chi connectivity index (χ2v) is 3.29. The second-order valence-electron chi connectivity index (χ2n) is 3.29. The molecule has 76 valence electrons. The molecule has 1 saturated heterocycles. The van der Waals surface area contributed by atoms with E-state index in [4.69, 9.17) is 0 Å². The van der Waals surface area contributed by atoms with E-state index >= 15 is 0 Å². The third-order valence-corrected chi connectivity index (χ3v) is 2.38. The van der Waals surface area contributed by atoms with E-state index in [2.05, 4.69) is 0 Å². The molecule has 0 bridgehead atoms. The highest BCUT2D eigenvalue weighted by atomic mass is 19.4. The summed E-state index contributed by atoms with van der Waals surface area (Å²) >= 11 is 0. The van der Waals surface area contributed by atoms with Gasteiger partial charge in [0.05, 0.1) is 0 Å². The summed E-state index contributed by atoms with van der Waals surface area (Å²) in [5.74, 6) is 0.0608. The van der Waals surface area contributed by atoms with Gasteiger partial charge in [-0.15, -0.1) is 0 Å². The number of ketones is 1. The van der Waals surface area contributed by atoms with Gasteiger partial charge in [0.2, 0.25) is 0 Å². The predicted octanol–water partition coefficient (Wildman–Crippen LogP) is 1.60. The molecule has 0 spiro atoms. The lowest BCUT2D eigenvalue weighted by Crippen LogP contribution is -2.47. The van der Waals surface area contributed by atoms with Crippen molar-refractivity contribution in [3.05, 3.63) is 0 Å². The number of nitrogens with zero attached hydrogens (tertiary/aromatic N) is 1. The lowest BCUT2D eigenvalue weighted by molar-refractivity contribution is -0.181. The van der Waals surface area contributed by atoms with Crippen molar-refractivity contribution in [2.75, 3.05) is 13.1 Å². The number of rotatable bonds is 1. The van der Waals surface area contributed by atoms with Crippen LogP contribution in [0, 0.1) is 0 Å². The van der Waals surface area contributed by atoms with Crippen LogP contribution in [0.1, 0.15) is 19.8 Å². The Bertz CT molecular complexity index is 192. The lowest BCUT2D eigenvalue weighted by Gasteiger charge is -2.32. The molecule has 1 aliphatic rings. The van der Waals surface area contributed by atoms with Crippen LogP contribution in [-0.2, 0) is 4.79 Å². The fraction of sp³-hybridized carbons (Fsp3) is 0.875. The van der Waals surface area contributed by atoms with E-state index < -0.39 is 12.2 Å². The van der Waals surface area contributed by atoms with Gasteiger partial charge in [0.25, 0.3) is 0 Å². The van der Waals surface area contributed by atoms with E-state index in [-0.39, 0.29) is 31.7 Å². The summed E-state index contributed by atoms with van der Waals surface area (Å²) in [5.41, 5.74) is 0. The largest absolute Gasteiger partial charge is 0.403 e. The van der Waals surface area contributed by atoms with Crippen LogP contribution in [0.5, 0.6) is 0 Å². The number of halogens is 3. The molecule has 0 aromatic carbocycles. The van der Waals surface area contributed by atoms with Crippen molar-refractivity contribution in [3.8, 4) is 0 Å². The SMILES string of the molecule is C[C@@H](N1CCC(=O)CC1)C(F)(F)F. The molecule has 0 aromatic heterocycles. The van der Waals surface area contributed by atoms with Crippen molar-refractivity contribution in [2.45, 2.75) is 32.0 Å². The Morgan fingerprint density at radius 1 is 1.31 bits per heavy atom. The molecule has 1 rings (SSSR count). The summed E-state index contributed by atoms with van der Waals surface area (Å²) in [6.07, 6.45) is -3.68. The van der Waals surface area contributed by atoms with Crippen molar-refractivity contribution in [3.63, 3.8) is 0 Å². The van der Waals surface area contributed by atoms with Gasteiger partial charge in [0.1, 0.15) is 11.8 Å². The summed E-state index contributed by atoms with van der Waals surface area (Å²) in [6.45, 7) is 1.61. The first-order valence-electron chi connectivity index (χ1n) is 4.23. The predicted molar refractivity (Wildman–Crippen MR) is 41.3 cm³/mol. The van der Waals surface area contributed by atoms with Crippen LogP contribution in [0.2, 0.25) is 0 Å². The third kappa shape index (κ3) is 2.69. The van der Waals surface area contributed by atoms with Gasteiger partial charge in [-0.05, 0) is 6.92 Å². The van der Waals surface area contributed by atoms with Gasteiger partial charge in [0, 0.05) is 25.9 Å². The summed E-state index contributed by atoms with van der Waals surface area (Å²) < 4.78 is 36.6. The van der Waals surface area contributed by atoms with Gasteiger partial charge in [-0.3, -0.25) is 9.69 Å². The Balaban J connectivity index is 2.49. The summed E-state index contributed by atoms with van der Waals surface area (Å²) in [4.78, 5) is 12.1. The maximum Gasteiger partial charge on any atom is 0.403 e. The topological polar surface area (TPSA) is 20.3 Å². The minimum absolute atomic E-state index is 0.0608. The highest BCUT2D eigenvalue weighted by molar-refractivity contribution is 5.79. The molecule has 1 aliphatic heterocycles. The minimum atomic E-state index is -4.18. The Labute approximate surface area is 74.7 Å². The molecule has 0 aliphatic carbocycles. The van der Waals surface area contributed by atoms with E-state index in [1.54, 1.807) is 0 Å². The Morgan fingerprint density at radius 3 is 2.15 bits per heavy atom. The van der Waals surface area contributed by atoms with Gasteiger partial charge in [-0.1, -0.05) is 0 Å². The molecule has 13 heavy (non-hydrogen) atoms. The number of carbonyl (C=O) groups is 1. The molecule has 0 aromatic rings. The van der Waals surface area contributed by atoms with Gasteiger partial charge in [0.15, 0.2) is 0 Å². The van der Waals surface area contributed by atoms with Crippen LogP contribution in [0.4, 0.5) is 13.2 Å². The monoisotopic (exact) mass is 195 g/mol. The Hall–Kier alpha value is -0.580. The molecular weight excluding hydrogens is 183 g/mol. The number of Topliss-reactive ketones (excluding diaryl/α,β-unsaturated/α-hetero) is 1. The van der Waals surface area contributed by atoms with Gasteiger partial charge in [-0.25, -0.2) is 0 Å². The third-order valence-electron chi connectivity index (χ3n) is 2.38. The fourth-order valence-corrected chi connectivity index (χ4v) is 1.37. The highest BCUT2D eigenvalue weighted by Gasteiger charge is 2.40. The maximum atomic E-state index is 12.2. The standard InChI is InChI=1S/C8H12F3NO/c1-6(8(9,10)11)12-4-2-7(13)3-5-12/h6H,2-5H2,1H3/t6-/m1/s1. The summed E-state index contributed by atoms with van der Waals surface area (Å²) in [6, 6.07) is -1.43. The van der Waals surface area contributed by atoms with Crippen molar-refractivity contribution in [1.29, 1.82) is 0 Å². The van der Waals surface area contributed by atoms with Gasteiger partial charge in [-0.2, -0.15) is 13.2 Å². The Morgan fingerprint density at radius 2 is 1.77 bits per heavy atom. The van der Waals surface area contributed by atoms with E-state index in [1.807, 2.05) is 0 Å². The smallest absolute Gasteiger partial charge is 0.300 e. The molecule has 1 fully saturated rings. The number of hydrogen-bond acceptors (Lipinski definition) is 2. The second kappa shape index (κ2) is 3.65. The number of hydrogen-bond donors (Lipinski definition) is 0. The van der Waals surface area contributed by atoms with E-state index in [0.29, 0.717) is 0 Å². The molecule has 2 nitrogen and oxygen atoms in total. The average molecular weight is 195 g/mol. The van der Waals surface area contributed by atoms with Crippen LogP contribution in [0.15, 0.2) is 0 Å². The summed E-state index contributed by atoms with van der Waals surface area (Å²) in [7, 11) is 0. The van der Waals surface area contributed by atoms with Crippen molar-refractivity contribution >= 4 is 5.78 Å². The normalized spacial score (nSPS) is 23.2. The average Bonchev–Trinajstić information content (AvgIpc) is 2.03. The Kier molecular flexibility index (Phi) is 2.95. The lowest BCUT2D eigenvalue weighted by atomic mass is 10.1. The first kappa shape index (κ1) is 10.5. The zero-order chi connectivity index (χ0) is 10.1. The first-order chi connectivity index (χ1) is 5.91. The quantitative estimate of drug-likeness (QED) is 0.633. The van der Waals surface area contributed by atoms with Crippen molar-refractivity contribution < 1.29 is 18.0 Å². The number of piperidine rings is 1. The molecule has 0 radical (unpaired) electrons. The van der Waals surface area contributed by atoms with Crippen LogP contribution >= 0.6 is 0 Å². The molecule has 1 atom stereocenters. The number of likely N-dealkylation sites (tertiary alicyclic amines) is 1. The molecule has 0 saturated carbocycles. The number of carbonyl (C=O) groups excluding carboxylic acids is 1. The highest BCUT2D eigenvalue weighted by Crippen LogP contribution is 2.25. The van der Waals surface area contributed by atoms with E-state index in [9.17, 15) is 18.0 Å². The molecule has 0 N–H and O–H groups in total. The van der Waals surface area contributed by atoms with Crippen LogP contribution in [0.3, 0.4) is 0 Å². The molecule has 0 amide bonds. The molecule has 1 heterocycles. The van der Waals surface area contributed by atoms with Crippen LogP contribution < -0.4 is 0 Å². The van der Waals surface area contributed by atoms with Crippen LogP contribution in [-0.4, -0.2) is 36.0 Å². The van der Waals surface area contributed by atoms with Crippen LogP contribution in [0.25, 0.3) is 0 Å². The number of alkyl halides is 3. The summed E-state index contributed by atoms with van der Waals surface area (Å²) in [5, 5.41) is 0. The molecule has 0 unspecified atom stereocenters. The van der Waals surface area contributed by atoms with Gasteiger partial charge >= 0.3 is 6.18 Å². The van der Waals surface area contributed by atoms with Crippen molar-refractivity contribution in [2.24, 2.45) is 0 Å². The zero-order valence-corrected chi connectivity index (χ0v) is 7.40. The maximum absolute atomic E-state index is 12.2. The van der Waals surface area contributed by atoms with Gasteiger partial charge < -0.3 is 0 Å². The fourth-order valence-electron chi connectivity index (χ4n) is 1.37. The minimum Gasteiger partial charge on any atom is -0.300 e. The van der Waals surface area contributed by atoms with E-state index in [1.165, 1.54) is 4.90 Å².